The van der Waals surface area contributed by atoms with Crippen LogP contribution in [0.2, 0.25) is 0 Å². The minimum atomic E-state index is -1.33. The van der Waals surface area contributed by atoms with E-state index in [0.29, 0.717) is 19.4 Å². The highest BCUT2D eigenvalue weighted by Crippen LogP contribution is 2.23. The number of carboxylic acid groups (broad SMARTS) is 1. The molecule has 0 saturated carbocycles. The Balaban J connectivity index is 1.95. The Morgan fingerprint density at radius 2 is 2.00 bits per heavy atom. The molecule has 3 unspecified atom stereocenters. The number of hydrogen-bond donors (Lipinski definition) is 4. The van der Waals surface area contributed by atoms with Gasteiger partial charge in [-0.3, -0.25) is 14.5 Å². The molecule has 1 aromatic heterocycles. The maximum absolute atomic E-state index is 13.2. The molecule has 0 spiro atoms. The molecule has 2 amide bonds. The first-order chi connectivity index (χ1) is 14.3. The van der Waals surface area contributed by atoms with Crippen molar-refractivity contribution < 1.29 is 19.5 Å². The van der Waals surface area contributed by atoms with Crippen LogP contribution in [0, 0.1) is 5.92 Å². The summed E-state index contributed by atoms with van der Waals surface area (Å²) in [5.41, 5.74) is 7.70. The molecular weight excluding hydrogens is 384 g/mol. The van der Waals surface area contributed by atoms with Crippen molar-refractivity contribution in [2.45, 2.75) is 57.7 Å². The van der Waals surface area contributed by atoms with Gasteiger partial charge in [0.15, 0.2) is 0 Å². The summed E-state index contributed by atoms with van der Waals surface area (Å²) in [6.07, 6.45) is 3.49. The van der Waals surface area contributed by atoms with E-state index in [2.05, 4.69) is 10.3 Å². The van der Waals surface area contributed by atoms with Gasteiger partial charge < -0.3 is 21.1 Å². The van der Waals surface area contributed by atoms with Crippen molar-refractivity contribution in [3.8, 4) is 0 Å². The molecule has 5 N–H and O–H groups in total. The topological polar surface area (TPSA) is 129 Å². The van der Waals surface area contributed by atoms with Crippen LogP contribution in [0.4, 0.5) is 0 Å². The molecule has 8 heteroatoms. The first kappa shape index (κ1) is 22.0. The lowest BCUT2D eigenvalue weighted by Crippen LogP contribution is -2.58. The predicted octanol–water partition coefficient (Wildman–Crippen LogP) is 1.64. The fourth-order valence-corrected chi connectivity index (χ4v) is 4.06. The van der Waals surface area contributed by atoms with E-state index in [0.717, 1.165) is 27.8 Å². The van der Waals surface area contributed by atoms with Crippen LogP contribution in [0.1, 0.15) is 38.7 Å². The molecule has 3 rings (SSSR count). The molecule has 0 radical (unpaired) electrons. The van der Waals surface area contributed by atoms with Crippen molar-refractivity contribution in [1.29, 1.82) is 0 Å². The minimum absolute atomic E-state index is 0.0119. The summed E-state index contributed by atoms with van der Waals surface area (Å²) < 4.78 is 0. The molecule has 0 bridgehead atoms. The summed E-state index contributed by atoms with van der Waals surface area (Å²) >= 11 is 0. The van der Waals surface area contributed by atoms with Gasteiger partial charge in [-0.25, -0.2) is 4.79 Å². The standard InChI is InChI=1S/C22H30N4O4/c1-13(2)10-16(23)20(27)26(21(28)18-8-5-9-24-18)19(22(29)30)11-14-12-25-17-7-4-3-6-15(14)17/h3-4,6-7,12-13,16,18-19,24-25H,5,8-11,23H2,1-2H3,(H,29,30). The average molecular weight is 415 g/mol. The third kappa shape index (κ3) is 4.71. The third-order valence-electron chi connectivity index (χ3n) is 5.56. The van der Waals surface area contributed by atoms with Gasteiger partial charge in [-0.1, -0.05) is 32.0 Å². The van der Waals surface area contributed by atoms with Crippen molar-refractivity contribution in [3.63, 3.8) is 0 Å². The van der Waals surface area contributed by atoms with Gasteiger partial charge >= 0.3 is 5.97 Å². The van der Waals surface area contributed by atoms with Crippen LogP contribution in [0.5, 0.6) is 0 Å². The van der Waals surface area contributed by atoms with Crippen molar-refractivity contribution >= 4 is 28.7 Å². The fraction of sp³-hybridized carbons (Fsp3) is 0.500. The van der Waals surface area contributed by atoms with Crippen molar-refractivity contribution in [2.75, 3.05) is 6.54 Å². The smallest absolute Gasteiger partial charge is 0.327 e. The number of amides is 2. The Hall–Kier alpha value is -2.71. The van der Waals surface area contributed by atoms with Gasteiger partial charge in [0.2, 0.25) is 11.8 Å². The number of carbonyl (C=O) groups excluding carboxylic acids is 2. The molecule has 1 aromatic carbocycles. The maximum Gasteiger partial charge on any atom is 0.327 e. The van der Waals surface area contributed by atoms with Crippen molar-refractivity contribution in [2.24, 2.45) is 11.7 Å². The normalized spacial score (nSPS) is 18.5. The van der Waals surface area contributed by atoms with Crippen LogP contribution in [-0.4, -0.2) is 57.4 Å². The number of fused-ring (bicyclic) bond motifs is 1. The molecule has 1 saturated heterocycles. The summed E-state index contributed by atoms with van der Waals surface area (Å²) in [5.74, 6) is -2.22. The summed E-state index contributed by atoms with van der Waals surface area (Å²) in [6, 6.07) is 4.70. The second-order valence-electron chi connectivity index (χ2n) is 8.35. The Morgan fingerprint density at radius 3 is 2.63 bits per heavy atom. The maximum atomic E-state index is 13.2. The Bertz CT molecular complexity index is 917. The Labute approximate surface area is 175 Å². The Morgan fingerprint density at radius 1 is 1.27 bits per heavy atom. The number of carboxylic acids is 1. The van der Waals surface area contributed by atoms with E-state index in [1.54, 1.807) is 6.20 Å². The lowest BCUT2D eigenvalue weighted by Gasteiger charge is -2.31. The first-order valence-corrected chi connectivity index (χ1v) is 10.4. The van der Waals surface area contributed by atoms with E-state index in [1.807, 2.05) is 38.1 Å². The number of nitrogens with zero attached hydrogens (tertiary/aromatic N) is 1. The SMILES string of the molecule is CC(C)CC(N)C(=O)N(C(=O)C1CCCN1)C(Cc1c[nH]c2ccccc12)C(=O)O. The number of nitrogens with one attached hydrogen (secondary N) is 2. The second-order valence-corrected chi connectivity index (χ2v) is 8.35. The zero-order valence-electron chi connectivity index (χ0n) is 17.4. The number of benzene rings is 1. The number of nitrogens with two attached hydrogens (primary N) is 1. The first-order valence-electron chi connectivity index (χ1n) is 10.4. The summed E-state index contributed by atoms with van der Waals surface area (Å²) in [4.78, 5) is 42.7. The lowest BCUT2D eigenvalue weighted by atomic mass is 9.99. The van der Waals surface area contributed by atoms with E-state index < -0.39 is 35.9 Å². The van der Waals surface area contributed by atoms with Crippen LogP contribution in [0.15, 0.2) is 30.5 Å². The number of carbonyl (C=O) groups is 3. The van der Waals surface area contributed by atoms with Crippen LogP contribution in [-0.2, 0) is 20.8 Å². The highest BCUT2D eigenvalue weighted by molar-refractivity contribution is 6.03. The average Bonchev–Trinajstić information content (AvgIpc) is 3.37. The van der Waals surface area contributed by atoms with Gasteiger partial charge in [-0.2, -0.15) is 0 Å². The quantitative estimate of drug-likeness (QED) is 0.520. The van der Waals surface area contributed by atoms with Gasteiger partial charge in [0.25, 0.3) is 0 Å². The third-order valence-corrected chi connectivity index (χ3v) is 5.56. The highest BCUT2D eigenvalue weighted by atomic mass is 16.4. The number of aromatic amines is 1. The molecule has 3 atom stereocenters. The van der Waals surface area contributed by atoms with Gasteiger partial charge in [-0.05, 0) is 43.4 Å². The monoisotopic (exact) mass is 414 g/mol. The number of imide groups is 1. The molecule has 1 aliphatic heterocycles. The molecule has 2 heterocycles. The fourth-order valence-electron chi connectivity index (χ4n) is 4.06. The number of para-hydroxylation sites is 1. The molecule has 8 nitrogen and oxygen atoms in total. The summed E-state index contributed by atoms with van der Waals surface area (Å²) in [5, 5.41) is 13.9. The number of aromatic nitrogens is 1. The number of hydrogen-bond acceptors (Lipinski definition) is 5. The Kier molecular flexibility index (Phi) is 6.89. The van der Waals surface area contributed by atoms with Crippen LogP contribution in [0.25, 0.3) is 10.9 Å². The van der Waals surface area contributed by atoms with E-state index in [-0.39, 0.29) is 12.3 Å². The second kappa shape index (κ2) is 9.40. The van der Waals surface area contributed by atoms with Gasteiger partial charge in [-0.15, -0.1) is 0 Å². The van der Waals surface area contributed by atoms with E-state index in [4.69, 9.17) is 5.73 Å². The van der Waals surface area contributed by atoms with Gasteiger partial charge in [0.05, 0.1) is 12.1 Å². The molecule has 2 aromatic rings. The zero-order chi connectivity index (χ0) is 21.8. The highest BCUT2D eigenvalue weighted by Gasteiger charge is 2.41. The molecule has 30 heavy (non-hydrogen) atoms. The molecular formula is C22H30N4O4. The molecule has 0 aliphatic carbocycles. The van der Waals surface area contributed by atoms with Gasteiger partial charge in [0.1, 0.15) is 6.04 Å². The van der Waals surface area contributed by atoms with E-state index in [1.165, 1.54) is 0 Å². The number of rotatable bonds is 8. The minimum Gasteiger partial charge on any atom is -0.480 e. The number of H-pyrrole nitrogens is 1. The zero-order valence-corrected chi connectivity index (χ0v) is 17.4. The largest absolute Gasteiger partial charge is 0.480 e. The molecule has 1 fully saturated rings. The number of aliphatic carboxylic acids is 1. The van der Waals surface area contributed by atoms with Crippen LogP contribution >= 0.6 is 0 Å². The van der Waals surface area contributed by atoms with Gasteiger partial charge in [0, 0.05) is 23.5 Å². The van der Waals surface area contributed by atoms with Crippen molar-refractivity contribution in [3.05, 3.63) is 36.0 Å². The lowest BCUT2D eigenvalue weighted by molar-refractivity contribution is -0.159. The summed E-state index contributed by atoms with van der Waals surface area (Å²) in [7, 11) is 0. The summed E-state index contributed by atoms with van der Waals surface area (Å²) in [6.45, 7) is 4.52. The predicted molar refractivity (Wildman–Crippen MR) is 114 cm³/mol. The van der Waals surface area contributed by atoms with Crippen LogP contribution in [0.3, 0.4) is 0 Å². The molecule has 162 valence electrons. The van der Waals surface area contributed by atoms with Crippen molar-refractivity contribution in [1.82, 2.24) is 15.2 Å². The van der Waals surface area contributed by atoms with E-state index in [9.17, 15) is 19.5 Å². The van der Waals surface area contributed by atoms with Crippen LogP contribution < -0.4 is 11.1 Å². The van der Waals surface area contributed by atoms with E-state index >= 15 is 0 Å². The molecule has 1 aliphatic rings.